The van der Waals surface area contributed by atoms with Gasteiger partial charge in [-0.1, -0.05) is 62.9 Å². The first kappa shape index (κ1) is 32.5. The normalized spacial score (nSPS) is 12.9. The molecule has 2 aromatic rings. The molecule has 0 heterocycles. The lowest BCUT2D eigenvalue weighted by Gasteiger charge is -2.23. The third kappa shape index (κ3) is 11.5. The lowest BCUT2D eigenvalue weighted by Crippen LogP contribution is -2.54. The van der Waals surface area contributed by atoms with E-state index < -0.39 is 54.3 Å². The largest absolute Gasteiger partial charge is 0.508 e. The Bertz CT molecular complexity index is 1230. The molecule has 8 N–H and O–H groups in total. The fraction of sp³-hybridized carbons (Fsp3) is 0.345. The average Bonchev–Trinajstić information content (AvgIpc) is 2.92. The maximum absolute atomic E-state index is 13.0. The number of carbonyl (C=O) groups excluding carboxylic acids is 4. The molecule has 0 radical (unpaired) electrons. The number of rotatable bonds is 15. The van der Waals surface area contributed by atoms with Gasteiger partial charge >= 0.3 is 5.97 Å². The number of nitrogens with two attached hydrogens (primary N) is 1. The minimum absolute atomic E-state index is 0.00333. The van der Waals surface area contributed by atoms with Crippen LogP contribution in [0.1, 0.15) is 31.4 Å². The molecule has 0 aromatic heterocycles. The number of carboxylic acid groups (broad SMARTS) is 1. The summed E-state index contributed by atoms with van der Waals surface area (Å²) in [4.78, 5) is 62.1. The first-order valence-electron chi connectivity index (χ1n) is 13.0. The Labute approximate surface area is 238 Å². The third-order valence-electron chi connectivity index (χ3n) is 5.94. The highest BCUT2D eigenvalue weighted by atomic mass is 16.4. The van der Waals surface area contributed by atoms with Crippen LogP contribution in [0.2, 0.25) is 0 Å². The Balaban J connectivity index is 1.96. The first-order chi connectivity index (χ1) is 19.3. The number of nitrogens with one attached hydrogen (secondary N) is 4. The van der Waals surface area contributed by atoms with Gasteiger partial charge in [-0.3, -0.25) is 19.2 Å². The second kappa shape index (κ2) is 15.8. The Kier molecular flexibility index (Phi) is 12.5. The molecule has 2 rings (SSSR count). The van der Waals surface area contributed by atoms with Crippen LogP contribution < -0.4 is 27.0 Å². The van der Waals surface area contributed by atoms with Crippen molar-refractivity contribution < 1.29 is 34.2 Å². The molecule has 0 aliphatic rings. The standard InChI is InChI=1S/C29H37N5O7/c1-17(2)13-24(29(40)41)34-28(39)23(15-19-7-5-4-6-8-19)33-26(37)18(3)32-25(36)16-31-27(38)22(30)14-20-9-11-21(35)12-10-20/h4-12,17,22-24,35H,3,13-16,30H2,1-2H3,(H,31,38)(H,32,36)(H,33,37)(H,34,39)(H,40,41)/t22-,23-,24-/m0/s1. The summed E-state index contributed by atoms with van der Waals surface area (Å²) in [6.45, 7) is 6.70. The van der Waals surface area contributed by atoms with Crippen LogP contribution in [-0.2, 0) is 36.8 Å². The number of aromatic hydroxyl groups is 1. The number of carbonyl (C=O) groups is 5. The first-order valence-corrected chi connectivity index (χ1v) is 13.0. The van der Waals surface area contributed by atoms with Crippen molar-refractivity contribution >= 4 is 29.6 Å². The van der Waals surface area contributed by atoms with Crippen molar-refractivity contribution in [3.05, 3.63) is 78.0 Å². The number of hydrogen-bond donors (Lipinski definition) is 7. The molecule has 12 heteroatoms. The zero-order valence-electron chi connectivity index (χ0n) is 23.1. The number of phenolic OH excluding ortho intramolecular Hbond substituents is 1. The van der Waals surface area contributed by atoms with Gasteiger partial charge < -0.3 is 37.2 Å². The molecule has 0 aliphatic heterocycles. The van der Waals surface area contributed by atoms with Gasteiger partial charge in [0.05, 0.1) is 18.3 Å². The van der Waals surface area contributed by atoms with Crippen LogP contribution in [-0.4, -0.2) is 64.5 Å². The number of benzene rings is 2. The zero-order valence-corrected chi connectivity index (χ0v) is 23.1. The van der Waals surface area contributed by atoms with Gasteiger partial charge in [-0.15, -0.1) is 0 Å². The number of carboxylic acids is 1. The van der Waals surface area contributed by atoms with Crippen molar-refractivity contribution in [2.75, 3.05) is 6.54 Å². The van der Waals surface area contributed by atoms with Crippen molar-refractivity contribution in [1.82, 2.24) is 21.3 Å². The van der Waals surface area contributed by atoms with Crippen molar-refractivity contribution in [2.24, 2.45) is 11.7 Å². The van der Waals surface area contributed by atoms with Crippen LogP contribution in [0.25, 0.3) is 0 Å². The third-order valence-corrected chi connectivity index (χ3v) is 5.94. The van der Waals surface area contributed by atoms with Crippen molar-refractivity contribution in [3.63, 3.8) is 0 Å². The Morgan fingerprint density at radius 3 is 2.05 bits per heavy atom. The smallest absolute Gasteiger partial charge is 0.326 e. The van der Waals surface area contributed by atoms with Gasteiger partial charge in [0, 0.05) is 6.42 Å². The van der Waals surface area contributed by atoms with Gasteiger partial charge in [-0.05, 0) is 42.0 Å². The fourth-order valence-electron chi connectivity index (χ4n) is 3.82. The van der Waals surface area contributed by atoms with Crippen LogP contribution in [0.4, 0.5) is 0 Å². The maximum Gasteiger partial charge on any atom is 0.326 e. The van der Waals surface area contributed by atoms with E-state index in [9.17, 15) is 34.2 Å². The lowest BCUT2D eigenvalue weighted by molar-refractivity contribution is -0.142. The SMILES string of the molecule is C=C(NC(=O)CNC(=O)[C@@H](N)Cc1ccc(O)cc1)C(=O)N[C@@H](Cc1ccccc1)C(=O)N[C@@H](CC(C)C)C(=O)O. The number of amides is 4. The summed E-state index contributed by atoms with van der Waals surface area (Å²) in [5.41, 5.74) is 6.94. The molecule has 0 aliphatic carbocycles. The summed E-state index contributed by atoms with van der Waals surface area (Å²) in [6, 6.07) is 11.7. The van der Waals surface area contributed by atoms with Crippen LogP contribution in [0, 0.1) is 5.92 Å². The second-order valence-corrected chi connectivity index (χ2v) is 9.97. The predicted octanol–water partition coefficient (Wildman–Crippen LogP) is 0.351. The molecule has 0 unspecified atom stereocenters. The zero-order chi connectivity index (χ0) is 30.5. The topological polar surface area (TPSA) is 200 Å². The van der Waals surface area contributed by atoms with E-state index in [2.05, 4.69) is 27.8 Å². The van der Waals surface area contributed by atoms with Gasteiger partial charge in [-0.2, -0.15) is 0 Å². The molecule has 4 amide bonds. The Morgan fingerprint density at radius 1 is 0.854 bits per heavy atom. The molecule has 2 aromatic carbocycles. The predicted molar refractivity (Wildman–Crippen MR) is 151 cm³/mol. The highest BCUT2D eigenvalue weighted by molar-refractivity contribution is 6.00. The molecule has 41 heavy (non-hydrogen) atoms. The lowest BCUT2D eigenvalue weighted by atomic mass is 10.0. The van der Waals surface area contributed by atoms with Crippen LogP contribution in [0.5, 0.6) is 5.75 Å². The van der Waals surface area contributed by atoms with Crippen molar-refractivity contribution in [3.8, 4) is 5.75 Å². The van der Waals surface area contributed by atoms with E-state index in [0.717, 1.165) is 0 Å². The molecular formula is C29H37N5O7. The Hall–Kier alpha value is -4.71. The van der Waals surface area contributed by atoms with E-state index in [-0.39, 0.29) is 36.6 Å². The number of aliphatic carboxylic acids is 1. The van der Waals surface area contributed by atoms with Gasteiger partial charge in [0.15, 0.2) is 0 Å². The fourth-order valence-corrected chi connectivity index (χ4v) is 3.82. The van der Waals surface area contributed by atoms with Crippen molar-refractivity contribution in [1.29, 1.82) is 0 Å². The number of hydrogen-bond acceptors (Lipinski definition) is 7. The van der Waals surface area contributed by atoms with Crippen LogP contribution in [0.3, 0.4) is 0 Å². The molecule has 12 nitrogen and oxygen atoms in total. The summed E-state index contributed by atoms with van der Waals surface area (Å²) >= 11 is 0. The van der Waals surface area contributed by atoms with E-state index >= 15 is 0 Å². The summed E-state index contributed by atoms with van der Waals surface area (Å²) in [6.07, 6.45) is 0.427. The molecule has 0 spiro atoms. The minimum atomic E-state index is -1.20. The molecule has 0 fully saturated rings. The maximum atomic E-state index is 13.0. The molecule has 3 atom stereocenters. The van der Waals surface area contributed by atoms with E-state index in [1.807, 2.05) is 13.8 Å². The highest BCUT2D eigenvalue weighted by Gasteiger charge is 2.28. The quantitative estimate of drug-likeness (QED) is 0.149. The molecule has 0 bridgehead atoms. The van der Waals surface area contributed by atoms with E-state index in [4.69, 9.17) is 5.73 Å². The molecular weight excluding hydrogens is 530 g/mol. The minimum Gasteiger partial charge on any atom is -0.508 e. The van der Waals surface area contributed by atoms with Gasteiger partial charge in [0.25, 0.3) is 5.91 Å². The summed E-state index contributed by atoms with van der Waals surface area (Å²) in [5, 5.41) is 28.5. The molecule has 0 saturated heterocycles. The van der Waals surface area contributed by atoms with Crippen LogP contribution in [0.15, 0.2) is 66.9 Å². The average molecular weight is 568 g/mol. The van der Waals surface area contributed by atoms with Crippen LogP contribution >= 0.6 is 0 Å². The van der Waals surface area contributed by atoms with E-state index in [1.165, 1.54) is 12.1 Å². The van der Waals surface area contributed by atoms with E-state index in [1.54, 1.807) is 42.5 Å². The Morgan fingerprint density at radius 2 is 1.46 bits per heavy atom. The molecule has 0 saturated carbocycles. The van der Waals surface area contributed by atoms with Gasteiger partial charge in [0.1, 0.15) is 17.8 Å². The summed E-state index contributed by atoms with van der Waals surface area (Å²) in [5.74, 6) is -4.03. The monoisotopic (exact) mass is 567 g/mol. The van der Waals surface area contributed by atoms with E-state index in [0.29, 0.717) is 11.1 Å². The molecule has 220 valence electrons. The number of phenols is 1. The highest BCUT2D eigenvalue weighted by Crippen LogP contribution is 2.11. The van der Waals surface area contributed by atoms with Gasteiger partial charge in [0.2, 0.25) is 17.7 Å². The van der Waals surface area contributed by atoms with Gasteiger partial charge in [-0.25, -0.2) is 4.79 Å². The summed E-state index contributed by atoms with van der Waals surface area (Å²) < 4.78 is 0. The van der Waals surface area contributed by atoms with Crippen molar-refractivity contribution in [2.45, 2.75) is 51.2 Å². The second-order valence-electron chi connectivity index (χ2n) is 9.97. The summed E-state index contributed by atoms with van der Waals surface area (Å²) in [7, 11) is 0.